The third kappa shape index (κ3) is 7.54. The fourth-order valence-electron chi connectivity index (χ4n) is 1.67. The van der Waals surface area contributed by atoms with Gasteiger partial charge in [-0.25, -0.2) is 4.98 Å². The molecule has 114 valence electrons. The lowest BCUT2D eigenvalue weighted by atomic mass is 10.3. The van der Waals surface area contributed by atoms with E-state index < -0.39 is 6.10 Å². The number of carbonyl (C=O) groups excluding carboxylic acids is 1. The van der Waals surface area contributed by atoms with Gasteiger partial charge < -0.3 is 20.9 Å². The Morgan fingerprint density at radius 1 is 1.65 bits per heavy atom. The highest BCUT2D eigenvalue weighted by Crippen LogP contribution is 2.12. The van der Waals surface area contributed by atoms with E-state index in [0.29, 0.717) is 39.1 Å². The molecular weight excluding hydrogens is 278 g/mol. The summed E-state index contributed by atoms with van der Waals surface area (Å²) in [6.07, 6.45) is 1.35. The highest BCUT2D eigenvalue weighted by Gasteiger charge is 2.05. The lowest BCUT2D eigenvalue weighted by Crippen LogP contribution is -2.31. The summed E-state index contributed by atoms with van der Waals surface area (Å²) in [5, 5.41) is 12.7. The number of primary amides is 1. The van der Waals surface area contributed by atoms with Gasteiger partial charge in [0.05, 0.1) is 30.5 Å². The van der Waals surface area contributed by atoms with Crippen molar-refractivity contribution in [1.29, 1.82) is 0 Å². The van der Waals surface area contributed by atoms with Crippen molar-refractivity contribution in [2.24, 2.45) is 5.73 Å². The van der Waals surface area contributed by atoms with Gasteiger partial charge >= 0.3 is 0 Å². The molecule has 0 spiro atoms. The molecule has 0 fully saturated rings. The molecule has 7 heteroatoms. The second kappa shape index (κ2) is 9.82. The van der Waals surface area contributed by atoms with E-state index in [-0.39, 0.29) is 5.91 Å². The Hall–Kier alpha value is -1.02. The van der Waals surface area contributed by atoms with Crippen molar-refractivity contribution < 1.29 is 14.6 Å². The van der Waals surface area contributed by atoms with Crippen LogP contribution in [0.4, 0.5) is 0 Å². The molecule has 4 N–H and O–H groups in total. The van der Waals surface area contributed by atoms with Gasteiger partial charge in [0.2, 0.25) is 5.91 Å². The van der Waals surface area contributed by atoms with Crippen LogP contribution >= 0.6 is 11.3 Å². The zero-order valence-electron chi connectivity index (χ0n) is 11.8. The molecule has 0 saturated heterocycles. The number of aliphatic hydroxyl groups excluding tert-OH is 1. The molecule has 1 aromatic rings. The number of thiazole rings is 1. The van der Waals surface area contributed by atoms with Crippen molar-refractivity contribution in [2.45, 2.75) is 32.3 Å². The highest BCUT2D eigenvalue weighted by atomic mass is 32.1. The van der Waals surface area contributed by atoms with Crippen molar-refractivity contribution in [3.63, 3.8) is 0 Å². The van der Waals surface area contributed by atoms with Crippen LogP contribution in [0.3, 0.4) is 0 Å². The minimum absolute atomic E-state index is 0.297. The number of aromatic nitrogens is 1. The molecular formula is C13H23N3O3S. The third-order valence-electron chi connectivity index (χ3n) is 2.79. The average Bonchev–Trinajstić information content (AvgIpc) is 2.79. The number of carbonyl (C=O) groups is 1. The molecule has 0 aliphatic heterocycles. The van der Waals surface area contributed by atoms with Crippen LogP contribution in [0, 0.1) is 6.92 Å². The predicted octanol–water partition coefficient (Wildman–Crippen LogP) is 0.227. The van der Waals surface area contributed by atoms with Gasteiger partial charge in [-0.05, 0) is 19.9 Å². The number of nitrogens with zero attached hydrogens (tertiary/aromatic N) is 1. The van der Waals surface area contributed by atoms with E-state index in [2.05, 4.69) is 10.3 Å². The van der Waals surface area contributed by atoms with Crippen LogP contribution in [0.1, 0.15) is 23.4 Å². The third-order valence-corrected chi connectivity index (χ3v) is 3.78. The second-order valence-corrected chi connectivity index (χ2v) is 5.55. The van der Waals surface area contributed by atoms with Crippen LogP contribution in [-0.2, 0) is 16.0 Å². The van der Waals surface area contributed by atoms with Crippen molar-refractivity contribution in [3.8, 4) is 0 Å². The minimum atomic E-state index is -0.536. The molecule has 1 heterocycles. The predicted molar refractivity (Wildman–Crippen MR) is 78.7 cm³/mol. The van der Waals surface area contributed by atoms with Crippen molar-refractivity contribution >= 4 is 17.2 Å². The number of aliphatic hydroxyl groups is 1. The molecule has 20 heavy (non-hydrogen) atoms. The van der Waals surface area contributed by atoms with Gasteiger partial charge in [0.15, 0.2) is 0 Å². The van der Waals surface area contributed by atoms with Crippen molar-refractivity contribution in [3.05, 3.63) is 16.1 Å². The lowest BCUT2D eigenvalue weighted by molar-refractivity contribution is -0.118. The molecule has 0 aliphatic carbocycles. The fraction of sp³-hybridized carbons (Fsp3) is 0.692. The van der Waals surface area contributed by atoms with Crippen LogP contribution in [-0.4, -0.2) is 48.4 Å². The van der Waals surface area contributed by atoms with Gasteiger partial charge in [-0.15, -0.1) is 11.3 Å². The first-order valence-corrected chi connectivity index (χ1v) is 7.61. The maximum absolute atomic E-state index is 10.5. The van der Waals surface area contributed by atoms with Crippen LogP contribution in [0.5, 0.6) is 0 Å². The van der Waals surface area contributed by atoms with Gasteiger partial charge in [-0.3, -0.25) is 4.79 Å². The molecule has 0 saturated carbocycles. The van der Waals surface area contributed by atoms with Crippen molar-refractivity contribution in [2.75, 3.05) is 26.3 Å². The zero-order chi connectivity index (χ0) is 14.8. The lowest BCUT2D eigenvalue weighted by Gasteiger charge is -2.12. The molecule has 1 amide bonds. The van der Waals surface area contributed by atoms with Gasteiger partial charge in [0.25, 0.3) is 0 Å². The van der Waals surface area contributed by atoms with Crippen LogP contribution in [0.15, 0.2) is 5.51 Å². The molecule has 1 aromatic heterocycles. The van der Waals surface area contributed by atoms with Gasteiger partial charge in [-0.2, -0.15) is 0 Å². The quantitative estimate of drug-likeness (QED) is 0.508. The topological polar surface area (TPSA) is 97.5 Å². The summed E-state index contributed by atoms with van der Waals surface area (Å²) in [7, 11) is 0. The van der Waals surface area contributed by atoms with Crippen LogP contribution < -0.4 is 11.1 Å². The summed E-state index contributed by atoms with van der Waals surface area (Å²) >= 11 is 1.63. The van der Waals surface area contributed by atoms with E-state index in [1.54, 1.807) is 11.3 Å². The number of rotatable bonds is 11. The maximum atomic E-state index is 10.5. The smallest absolute Gasteiger partial charge is 0.217 e. The molecule has 0 aromatic carbocycles. The molecule has 1 atom stereocenters. The first kappa shape index (κ1) is 17.0. The number of ether oxygens (including phenoxy) is 1. The average molecular weight is 301 g/mol. The Kier molecular flexibility index (Phi) is 8.36. The number of hydrogen-bond acceptors (Lipinski definition) is 6. The van der Waals surface area contributed by atoms with E-state index >= 15 is 0 Å². The Morgan fingerprint density at radius 2 is 2.45 bits per heavy atom. The Bertz CT molecular complexity index is 398. The second-order valence-electron chi connectivity index (χ2n) is 4.61. The van der Waals surface area contributed by atoms with E-state index in [4.69, 9.17) is 10.5 Å². The number of aryl methyl sites for hydroxylation is 1. The SMILES string of the molecule is Cc1ncsc1CCOCC(O)CNCCCC(N)=O. The first-order valence-electron chi connectivity index (χ1n) is 6.73. The number of amides is 1. The molecule has 6 nitrogen and oxygen atoms in total. The van der Waals surface area contributed by atoms with Crippen molar-refractivity contribution in [1.82, 2.24) is 10.3 Å². The normalized spacial score (nSPS) is 12.5. The van der Waals surface area contributed by atoms with Gasteiger partial charge in [0, 0.05) is 24.3 Å². The number of hydrogen-bond donors (Lipinski definition) is 3. The monoisotopic (exact) mass is 301 g/mol. The molecule has 1 rings (SSSR count). The highest BCUT2D eigenvalue weighted by molar-refractivity contribution is 7.09. The standard InChI is InChI=1S/C13H23N3O3S/c1-10-12(20-9-16-10)4-6-19-8-11(17)7-15-5-2-3-13(14)18/h9,11,15,17H,2-8H2,1H3,(H2,14,18). The fourth-order valence-corrected chi connectivity index (χ4v) is 2.43. The van der Waals surface area contributed by atoms with Gasteiger partial charge in [0.1, 0.15) is 0 Å². The van der Waals surface area contributed by atoms with Gasteiger partial charge in [-0.1, -0.05) is 0 Å². The first-order chi connectivity index (χ1) is 9.59. The Balaban J connectivity index is 1.96. The molecule has 1 unspecified atom stereocenters. The van der Waals surface area contributed by atoms with Crippen LogP contribution in [0.2, 0.25) is 0 Å². The van der Waals surface area contributed by atoms with E-state index in [0.717, 1.165) is 12.1 Å². The summed E-state index contributed by atoms with van der Waals surface area (Å²) in [5.74, 6) is -0.297. The summed E-state index contributed by atoms with van der Waals surface area (Å²) < 4.78 is 5.43. The van der Waals surface area contributed by atoms with E-state index in [9.17, 15) is 9.90 Å². The van der Waals surface area contributed by atoms with Crippen LogP contribution in [0.25, 0.3) is 0 Å². The number of nitrogens with one attached hydrogen (secondary N) is 1. The Morgan fingerprint density at radius 3 is 3.10 bits per heavy atom. The van der Waals surface area contributed by atoms with E-state index in [1.807, 2.05) is 12.4 Å². The number of nitrogens with two attached hydrogens (primary N) is 1. The summed E-state index contributed by atoms with van der Waals surface area (Å²) in [6, 6.07) is 0. The Labute approximate surface area is 123 Å². The largest absolute Gasteiger partial charge is 0.389 e. The molecule has 0 radical (unpaired) electrons. The summed E-state index contributed by atoms with van der Waals surface area (Å²) in [6.45, 7) is 4.00. The molecule has 0 aliphatic rings. The molecule has 0 bridgehead atoms. The maximum Gasteiger partial charge on any atom is 0.217 e. The summed E-state index contributed by atoms with van der Waals surface area (Å²) in [5.41, 5.74) is 7.91. The summed E-state index contributed by atoms with van der Waals surface area (Å²) in [4.78, 5) is 15.9. The minimum Gasteiger partial charge on any atom is -0.389 e. The van der Waals surface area contributed by atoms with E-state index in [1.165, 1.54) is 4.88 Å². The zero-order valence-corrected chi connectivity index (χ0v) is 12.6.